The van der Waals surface area contributed by atoms with Crippen molar-refractivity contribution in [3.8, 4) is 5.69 Å². The van der Waals surface area contributed by atoms with E-state index in [-0.39, 0.29) is 17.9 Å². The average Bonchev–Trinajstić information content (AvgIpc) is 3.31. The zero-order valence-corrected chi connectivity index (χ0v) is 19.6. The molecule has 1 saturated heterocycles. The monoisotopic (exact) mass is 456 g/mol. The summed E-state index contributed by atoms with van der Waals surface area (Å²) >= 11 is 5.74. The van der Waals surface area contributed by atoms with Crippen LogP contribution >= 0.6 is 12.2 Å². The topological polar surface area (TPSA) is 33.1 Å². The number of aryl methyl sites for hydroxylation is 2. The number of halogens is 1. The van der Waals surface area contributed by atoms with Gasteiger partial charge in [0.15, 0.2) is 5.11 Å². The van der Waals surface area contributed by atoms with Crippen LogP contribution in [0.3, 0.4) is 0 Å². The fourth-order valence-electron chi connectivity index (χ4n) is 4.76. The van der Waals surface area contributed by atoms with Gasteiger partial charge in [0, 0.05) is 23.3 Å². The Morgan fingerprint density at radius 1 is 0.939 bits per heavy atom. The Morgan fingerprint density at radius 3 is 2.36 bits per heavy atom. The van der Waals surface area contributed by atoms with Crippen LogP contribution < -0.4 is 10.2 Å². The third-order valence-electron chi connectivity index (χ3n) is 6.29. The molecule has 5 rings (SSSR count). The first kappa shape index (κ1) is 21.3. The second kappa shape index (κ2) is 8.45. The molecule has 4 nitrogen and oxygen atoms in total. The van der Waals surface area contributed by atoms with Crippen LogP contribution in [0.4, 0.5) is 10.1 Å². The average molecular weight is 457 g/mol. The number of hydrogen-bond acceptors (Lipinski definition) is 2. The first-order chi connectivity index (χ1) is 16.0. The van der Waals surface area contributed by atoms with E-state index in [4.69, 9.17) is 12.2 Å². The maximum atomic E-state index is 15.0. The summed E-state index contributed by atoms with van der Waals surface area (Å²) in [6, 6.07) is 22.8. The molecule has 1 aliphatic rings. The first-order valence-electron chi connectivity index (χ1n) is 11.0. The van der Waals surface area contributed by atoms with E-state index in [0.29, 0.717) is 10.8 Å². The minimum Gasteiger partial charge on any atom is -0.351 e. The summed E-state index contributed by atoms with van der Waals surface area (Å²) in [6.07, 6.45) is 1.78. The number of anilines is 1. The minimum absolute atomic E-state index is 0.217. The number of pyridine rings is 1. The second-order valence-corrected chi connectivity index (χ2v) is 8.83. The third-order valence-corrected chi connectivity index (χ3v) is 6.61. The van der Waals surface area contributed by atoms with Crippen LogP contribution in [0.15, 0.2) is 79.0 Å². The number of nitrogens with zero attached hydrogens (tertiary/aromatic N) is 3. The van der Waals surface area contributed by atoms with Crippen molar-refractivity contribution >= 4 is 23.0 Å². The quantitative estimate of drug-likeness (QED) is 0.376. The van der Waals surface area contributed by atoms with Gasteiger partial charge in [-0.25, -0.2) is 4.39 Å². The largest absolute Gasteiger partial charge is 0.351 e. The van der Waals surface area contributed by atoms with E-state index >= 15 is 0 Å². The lowest BCUT2D eigenvalue weighted by molar-refractivity contribution is 0.556. The zero-order chi connectivity index (χ0) is 23.1. The molecule has 0 bridgehead atoms. The van der Waals surface area contributed by atoms with E-state index in [2.05, 4.69) is 66.0 Å². The van der Waals surface area contributed by atoms with Gasteiger partial charge in [-0.3, -0.25) is 4.98 Å². The van der Waals surface area contributed by atoms with Crippen LogP contribution in [0.5, 0.6) is 0 Å². The van der Waals surface area contributed by atoms with Crippen molar-refractivity contribution in [2.45, 2.75) is 32.9 Å². The normalized spacial score (nSPS) is 17.9. The van der Waals surface area contributed by atoms with Crippen LogP contribution in [0.25, 0.3) is 5.69 Å². The summed E-state index contributed by atoms with van der Waals surface area (Å²) in [4.78, 5) is 6.49. The fraction of sp³-hybridized carbons (Fsp3) is 0.185. The highest BCUT2D eigenvalue weighted by atomic mass is 32.1. The Kier molecular flexibility index (Phi) is 5.46. The molecular weight excluding hydrogens is 431 g/mol. The van der Waals surface area contributed by atoms with E-state index in [1.807, 2.05) is 29.2 Å². The van der Waals surface area contributed by atoms with Crippen molar-refractivity contribution in [1.82, 2.24) is 14.9 Å². The molecule has 1 aliphatic heterocycles. The Hall–Kier alpha value is -3.51. The van der Waals surface area contributed by atoms with Gasteiger partial charge in [0.05, 0.1) is 23.5 Å². The van der Waals surface area contributed by atoms with Crippen LogP contribution in [0.2, 0.25) is 0 Å². The summed E-state index contributed by atoms with van der Waals surface area (Å²) in [5.41, 5.74) is 6.92. The van der Waals surface area contributed by atoms with Gasteiger partial charge in [-0.15, -0.1) is 0 Å². The minimum atomic E-state index is -0.305. The lowest BCUT2D eigenvalue weighted by Gasteiger charge is -2.28. The molecule has 1 fully saturated rings. The maximum absolute atomic E-state index is 15.0. The number of thiocarbonyl (C=S) groups is 1. The second-order valence-electron chi connectivity index (χ2n) is 8.45. The van der Waals surface area contributed by atoms with Gasteiger partial charge in [0.1, 0.15) is 5.82 Å². The molecule has 0 amide bonds. The summed E-state index contributed by atoms with van der Waals surface area (Å²) in [7, 11) is 0. The molecule has 2 aromatic carbocycles. The number of aromatic nitrogens is 2. The summed E-state index contributed by atoms with van der Waals surface area (Å²) in [5.74, 6) is -0.305. The number of hydrogen-bond donors (Lipinski definition) is 1. The van der Waals surface area contributed by atoms with Gasteiger partial charge in [0.2, 0.25) is 0 Å². The molecule has 0 spiro atoms. The third kappa shape index (κ3) is 3.70. The van der Waals surface area contributed by atoms with Gasteiger partial charge in [-0.05, 0) is 81.0 Å². The lowest BCUT2D eigenvalue weighted by atomic mass is 9.96. The Balaban J connectivity index is 1.69. The summed E-state index contributed by atoms with van der Waals surface area (Å²) < 4.78 is 17.2. The van der Waals surface area contributed by atoms with Gasteiger partial charge in [-0.1, -0.05) is 35.9 Å². The van der Waals surface area contributed by atoms with Crippen molar-refractivity contribution in [3.63, 3.8) is 0 Å². The van der Waals surface area contributed by atoms with E-state index in [1.165, 1.54) is 11.6 Å². The standard InChI is InChI=1S/C27H25FN4S/c1-17-11-13-20(14-12-17)31-18(2)16-21(19(31)3)26-25(23-9-6-7-15-29-23)30-27(33)32(26)24-10-5-4-8-22(24)28/h4-16,25-26H,1-3H3,(H,30,33)/t25-,26+/m1/s1. The molecule has 0 aliphatic carbocycles. The summed E-state index contributed by atoms with van der Waals surface area (Å²) in [5, 5.41) is 3.90. The zero-order valence-electron chi connectivity index (χ0n) is 18.8. The predicted molar refractivity (Wildman–Crippen MR) is 134 cm³/mol. The number of rotatable bonds is 4. The molecule has 166 valence electrons. The smallest absolute Gasteiger partial charge is 0.174 e. The maximum Gasteiger partial charge on any atom is 0.174 e. The van der Waals surface area contributed by atoms with Crippen LogP contribution in [-0.2, 0) is 0 Å². The van der Waals surface area contributed by atoms with Crippen LogP contribution in [0, 0.1) is 26.6 Å². The number of nitrogens with one attached hydrogen (secondary N) is 1. The van der Waals surface area contributed by atoms with Gasteiger partial charge >= 0.3 is 0 Å². The van der Waals surface area contributed by atoms with Crippen molar-refractivity contribution < 1.29 is 4.39 Å². The van der Waals surface area contributed by atoms with Crippen molar-refractivity contribution in [2.75, 3.05) is 4.90 Å². The summed E-state index contributed by atoms with van der Waals surface area (Å²) in [6.45, 7) is 6.29. The Labute approximate surface area is 198 Å². The molecule has 0 radical (unpaired) electrons. The van der Waals surface area contributed by atoms with Crippen molar-refractivity contribution in [3.05, 3.63) is 113 Å². The Bertz CT molecular complexity index is 1310. The molecular formula is C27H25FN4S. The molecule has 4 aromatic rings. The highest BCUT2D eigenvalue weighted by Gasteiger charge is 2.43. The van der Waals surface area contributed by atoms with E-state index in [9.17, 15) is 4.39 Å². The molecule has 6 heteroatoms. The van der Waals surface area contributed by atoms with Crippen molar-refractivity contribution in [1.29, 1.82) is 0 Å². The van der Waals surface area contributed by atoms with Crippen molar-refractivity contribution in [2.24, 2.45) is 0 Å². The number of benzene rings is 2. The van der Waals surface area contributed by atoms with Gasteiger partial charge in [0.25, 0.3) is 0 Å². The SMILES string of the molecule is Cc1ccc(-n2c(C)cc([C@H]3[C@@H](c4ccccn4)NC(=S)N3c3ccccc3F)c2C)cc1. The Morgan fingerprint density at radius 2 is 1.67 bits per heavy atom. The first-order valence-corrected chi connectivity index (χ1v) is 11.4. The highest BCUT2D eigenvalue weighted by molar-refractivity contribution is 7.80. The van der Waals surface area contributed by atoms with E-state index in [0.717, 1.165) is 28.3 Å². The molecule has 3 heterocycles. The molecule has 1 N–H and O–H groups in total. The van der Waals surface area contributed by atoms with E-state index < -0.39 is 0 Å². The molecule has 33 heavy (non-hydrogen) atoms. The van der Waals surface area contributed by atoms with Crippen LogP contribution in [0.1, 0.15) is 40.3 Å². The van der Waals surface area contributed by atoms with Gasteiger partial charge < -0.3 is 14.8 Å². The lowest BCUT2D eigenvalue weighted by Crippen LogP contribution is -2.30. The van der Waals surface area contributed by atoms with Crippen LogP contribution in [-0.4, -0.2) is 14.7 Å². The molecule has 0 unspecified atom stereocenters. The predicted octanol–water partition coefficient (Wildman–Crippen LogP) is 6.11. The van der Waals surface area contributed by atoms with E-state index in [1.54, 1.807) is 18.3 Å². The molecule has 2 atom stereocenters. The number of para-hydroxylation sites is 1. The highest BCUT2D eigenvalue weighted by Crippen LogP contribution is 2.44. The molecule has 2 aromatic heterocycles. The van der Waals surface area contributed by atoms with Gasteiger partial charge in [-0.2, -0.15) is 0 Å². The molecule has 0 saturated carbocycles. The fourth-order valence-corrected chi connectivity index (χ4v) is 5.09.